The lowest BCUT2D eigenvalue weighted by molar-refractivity contribution is -0.145. The Balaban J connectivity index is 1.93. The number of hydrogen-bond acceptors (Lipinski definition) is 3. The molecule has 1 N–H and O–H groups in total. The van der Waals surface area contributed by atoms with Crippen molar-refractivity contribution in [2.24, 2.45) is 17.3 Å². The molecule has 0 aromatic heterocycles. The van der Waals surface area contributed by atoms with Crippen molar-refractivity contribution in [3.8, 4) is 0 Å². The number of hydrogen-bond donors (Lipinski definition) is 1. The van der Waals surface area contributed by atoms with Gasteiger partial charge in [0.1, 0.15) is 6.04 Å². The highest BCUT2D eigenvalue weighted by atomic mass is 28.3. The molecule has 30 heavy (non-hydrogen) atoms. The van der Waals surface area contributed by atoms with E-state index in [1.165, 1.54) is 24.8 Å². The molecule has 1 saturated carbocycles. The summed E-state index contributed by atoms with van der Waals surface area (Å²) in [6, 6.07) is 10.3. The van der Waals surface area contributed by atoms with Crippen molar-refractivity contribution in [3.63, 3.8) is 0 Å². The maximum absolute atomic E-state index is 12.4. The van der Waals surface area contributed by atoms with Crippen molar-refractivity contribution < 1.29 is 14.3 Å². The molecule has 1 aromatic carbocycles. The summed E-state index contributed by atoms with van der Waals surface area (Å²) in [6.07, 6.45) is 5.82. The van der Waals surface area contributed by atoms with Crippen LogP contribution in [0.4, 0.5) is 0 Å². The third-order valence-corrected chi connectivity index (χ3v) is 7.86. The van der Waals surface area contributed by atoms with E-state index in [0.717, 1.165) is 25.9 Å². The van der Waals surface area contributed by atoms with Gasteiger partial charge in [-0.05, 0) is 42.8 Å². The Morgan fingerprint density at radius 1 is 1.10 bits per heavy atom. The molecule has 0 radical (unpaired) electrons. The topological polar surface area (TPSA) is 49.8 Å². The molecule has 168 valence electrons. The van der Waals surface area contributed by atoms with Gasteiger partial charge in [-0.15, -0.1) is 0 Å². The van der Waals surface area contributed by atoms with E-state index in [-0.39, 0.29) is 23.5 Å². The minimum Gasteiger partial charge on any atom is -0.480 e. The molecular weight excluding hydrogens is 390 g/mol. The molecule has 1 unspecified atom stereocenters. The summed E-state index contributed by atoms with van der Waals surface area (Å²) >= 11 is 0. The lowest BCUT2D eigenvalue weighted by Gasteiger charge is -2.39. The number of carboxylic acids is 1. The molecule has 1 aliphatic heterocycles. The van der Waals surface area contributed by atoms with Crippen LogP contribution in [0.15, 0.2) is 30.3 Å². The Hall–Kier alpha value is -1.17. The van der Waals surface area contributed by atoms with Crippen molar-refractivity contribution >= 4 is 15.0 Å². The maximum Gasteiger partial charge on any atom is 0.321 e. The molecule has 1 aliphatic carbocycles. The van der Waals surface area contributed by atoms with E-state index in [1.807, 2.05) is 0 Å². The predicted molar refractivity (Wildman–Crippen MR) is 125 cm³/mol. The smallest absolute Gasteiger partial charge is 0.321 e. The summed E-state index contributed by atoms with van der Waals surface area (Å²) in [5, 5.41) is 10.2. The summed E-state index contributed by atoms with van der Waals surface area (Å²) in [5.41, 5.74) is 1.34. The summed E-state index contributed by atoms with van der Waals surface area (Å²) in [6.45, 7) is 12.9. The third-order valence-electron chi connectivity index (χ3n) is 7.03. The van der Waals surface area contributed by atoms with Crippen LogP contribution >= 0.6 is 0 Å². The summed E-state index contributed by atoms with van der Waals surface area (Å²) in [4.78, 5) is 14.7. The van der Waals surface area contributed by atoms with E-state index >= 15 is 0 Å². The van der Waals surface area contributed by atoms with Gasteiger partial charge in [0.15, 0.2) is 9.04 Å². The number of nitrogens with zero attached hydrogens (tertiary/aromatic N) is 1. The van der Waals surface area contributed by atoms with Crippen LogP contribution in [0.1, 0.15) is 64.4 Å². The van der Waals surface area contributed by atoms with Gasteiger partial charge >= 0.3 is 5.97 Å². The zero-order chi connectivity index (χ0) is 21.9. The Labute approximate surface area is 184 Å². The van der Waals surface area contributed by atoms with Gasteiger partial charge in [-0.1, -0.05) is 70.4 Å². The highest BCUT2D eigenvalue weighted by molar-refractivity contribution is 6.48. The van der Waals surface area contributed by atoms with E-state index in [2.05, 4.69) is 69.1 Å². The molecule has 0 spiro atoms. The first-order valence-corrected chi connectivity index (χ1v) is 14.6. The minimum atomic E-state index is -1.23. The average Bonchev–Trinajstić information content (AvgIpc) is 3.10. The molecule has 2 fully saturated rings. The Morgan fingerprint density at radius 3 is 2.27 bits per heavy atom. The SMILES string of the molecule is C[SiH](C)OC([C@H]1CN([C@@H](C(=O)O)C2CCCCC2)C[C@@H]1c1ccccc1)C(C)(C)C. The van der Waals surface area contributed by atoms with Gasteiger partial charge in [-0.25, -0.2) is 0 Å². The molecule has 0 bridgehead atoms. The largest absolute Gasteiger partial charge is 0.480 e. The van der Waals surface area contributed by atoms with E-state index in [1.54, 1.807) is 0 Å². The Kier molecular flexibility index (Phi) is 7.80. The number of benzene rings is 1. The van der Waals surface area contributed by atoms with Crippen molar-refractivity contribution in [2.45, 2.75) is 84.0 Å². The monoisotopic (exact) mass is 431 g/mol. The predicted octanol–water partition coefficient (Wildman–Crippen LogP) is 5.15. The van der Waals surface area contributed by atoms with Crippen molar-refractivity contribution in [2.75, 3.05) is 13.1 Å². The quantitative estimate of drug-likeness (QED) is 0.607. The highest BCUT2D eigenvalue weighted by Gasteiger charge is 2.48. The molecule has 0 amide bonds. The fourth-order valence-electron chi connectivity index (χ4n) is 5.79. The second-order valence-electron chi connectivity index (χ2n) is 10.8. The van der Waals surface area contributed by atoms with E-state index < -0.39 is 15.0 Å². The summed E-state index contributed by atoms with van der Waals surface area (Å²) < 4.78 is 6.65. The van der Waals surface area contributed by atoms with Gasteiger partial charge in [-0.3, -0.25) is 9.69 Å². The number of rotatable bonds is 7. The van der Waals surface area contributed by atoms with E-state index in [9.17, 15) is 9.90 Å². The fourth-order valence-corrected chi connectivity index (χ4v) is 6.99. The molecule has 3 rings (SSSR count). The average molecular weight is 432 g/mol. The number of aliphatic carboxylic acids is 1. The van der Waals surface area contributed by atoms with Crippen LogP contribution in [0.5, 0.6) is 0 Å². The standard InChI is InChI=1S/C25H41NO3Si/c1-25(2,3)23(29-30(4)5)21-17-26(16-20(21)18-12-8-6-9-13-18)22(24(27)28)19-14-10-7-11-15-19/h6,8-9,12-13,19-23,30H,7,10-11,14-17H2,1-5H3,(H,27,28)/t20-,21+,22-,23?/m1/s1. The van der Waals surface area contributed by atoms with Gasteiger partial charge in [0.2, 0.25) is 0 Å². The zero-order valence-electron chi connectivity index (χ0n) is 19.5. The maximum atomic E-state index is 12.4. The molecule has 4 atom stereocenters. The third kappa shape index (κ3) is 5.54. The second-order valence-corrected chi connectivity index (χ2v) is 13.2. The van der Waals surface area contributed by atoms with Crippen LogP contribution in [0, 0.1) is 17.3 Å². The first-order valence-electron chi connectivity index (χ1n) is 11.9. The van der Waals surface area contributed by atoms with Crippen molar-refractivity contribution in [3.05, 3.63) is 35.9 Å². The van der Waals surface area contributed by atoms with Gasteiger partial charge in [0.25, 0.3) is 0 Å². The molecule has 1 saturated heterocycles. The number of carboxylic acid groups (broad SMARTS) is 1. The van der Waals surface area contributed by atoms with E-state index in [4.69, 9.17) is 4.43 Å². The van der Waals surface area contributed by atoms with Crippen molar-refractivity contribution in [1.29, 1.82) is 0 Å². The molecule has 1 aromatic rings. The molecule has 1 heterocycles. The van der Waals surface area contributed by atoms with Gasteiger partial charge < -0.3 is 9.53 Å². The lowest BCUT2D eigenvalue weighted by atomic mass is 9.75. The molecule has 2 aliphatic rings. The molecular formula is C25H41NO3Si. The summed E-state index contributed by atoms with van der Waals surface area (Å²) in [5.74, 6) is 0.266. The van der Waals surface area contributed by atoms with Gasteiger partial charge in [0.05, 0.1) is 6.10 Å². The van der Waals surface area contributed by atoms with Gasteiger partial charge in [-0.2, -0.15) is 0 Å². The van der Waals surface area contributed by atoms with Crippen LogP contribution < -0.4 is 0 Å². The normalized spacial score (nSPS) is 26.1. The number of carbonyl (C=O) groups is 1. The lowest BCUT2D eigenvalue weighted by Crippen LogP contribution is -2.47. The molecule has 5 heteroatoms. The Morgan fingerprint density at radius 2 is 1.73 bits per heavy atom. The first-order chi connectivity index (χ1) is 14.2. The highest BCUT2D eigenvalue weighted by Crippen LogP contribution is 2.44. The summed E-state index contributed by atoms with van der Waals surface area (Å²) in [7, 11) is -1.23. The van der Waals surface area contributed by atoms with Crippen LogP contribution in [0.3, 0.4) is 0 Å². The van der Waals surface area contributed by atoms with E-state index in [0.29, 0.717) is 11.8 Å². The zero-order valence-corrected chi connectivity index (χ0v) is 20.7. The second kappa shape index (κ2) is 9.97. The first kappa shape index (κ1) is 23.5. The molecule has 4 nitrogen and oxygen atoms in total. The van der Waals surface area contributed by atoms with Gasteiger partial charge in [0, 0.05) is 24.9 Å². The Bertz CT molecular complexity index is 681. The van der Waals surface area contributed by atoms with Crippen LogP contribution in [-0.4, -0.2) is 50.3 Å². The number of likely N-dealkylation sites (tertiary alicyclic amines) is 1. The van der Waals surface area contributed by atoms with Crippen molar-refractivity contribution in [1.82, 2.24) is 4.90 Å². The van der Waals surface area contributed by atoms with Crippen LogP contribution in [-0.2, 0) is 9.22 Å². The minimum absolute atomic E-state index is 0.0224. The van der Waals surface area contributed by atoms with Crippen LogP contribution in [0.25, 0.3) is 0 Å². The van der Waals surface area contributed by atoms with Crippen LogP contribution in [0.2, 0.25) is 13.1 Å². The fraction of sp³-hybridized carbons (Fsp3) is 0.720.